The Labute approximate surface area is 74.2 Å². The lowest BCUT2D eigenvalue weighted by Gasteiger charge is -2.15. The molecule has 1 aromatic rings. The number of carbonyl (C=O) groups is 1. The van der Waals surface area contributed by atoms with Gasteiger partial charge in [-0.3, -0.25) is 4.79 Å². The van der Waals surface area contributed by atoms with Crippen LogP contribution >= 0.6 is 0 Å². The van der Waals surface area contributed by atoms with Gasteiger partial charge in [0.25, 0.3) is 0 Å². The predicted octanol–water partition coefficient (Wildman–Crippen LogP) is 1.70. The Balaban J connectivity index is 2.94. The lowest BCUT2D eigenvalue weighted by Crippen LogP contribution is -2.16. The van der Waals surface area contributed by atoms with E-state index in [9.17, 15) is 4.79 Å². The smallest absolute Gasteiger partial charge is 0.160 e. The normalized spacial score (nSPS) is 11.2. The minimum atomic E-state index is -0.276. The Hall–Kier alpha value is -1.05. The summed E-state index contributed by atoms with van der Waals surface area (Å²) in [4.78, 5) is 11.7. The zero-order valence-electron chi connectivity index (χ0n) is 7.79. The maximum Gasteiger partial charge on any atom is 0.160 e. The molecule has 0 heterocycles. The molecule has 0 saturated carbocycles. The van der Waals surface area contributed by atoms with Gasteiger partial charge in [0.05, 0.1) is 0 Å². The summed E-state index contributed by atoms with van der Waals surface area (Å²) in [5.74, 6) is 0.197. The lowest BCUT2D eigenvalue weighted by atomic mass is 9.67. The molecule has 0 saturated heterocycles. The third kappa shape index (κ3) is 1.97. The van der Waals surface area contributed by atoms with Crippen molar-refractivity contribution in [3.63, 3.8) is 0 Å². The number of Topliss-reactive ketones (excluding diaryl/α,β-unsaturated/α-hetero) is 1. The van der Waals surface area contributed by atoms with Crippen molar-refractivity contribution in [1.29, 1.82) is 0 Å². The minimum absolute atomic E-state index is 0.197. The van der Waals surface area contributed by atoms with Crippen LogP contribution in [-0.2, 0) is 0 Å². The first-order valence-corrected chi connectivity index (χ1v) is 4.11. The summed E-state index contributed by atoms with van der Waals surface area (Å²) in [7, 11) is 1.93. The van der Waals surface area contributed by atoms with Crippen LogP contribution in [0.2, 0.25) is 5.31 Å². The average Bonchev–Trinajstić information content (AvgIpc) is 2.03. The molecular weight excluding hydrogens is 147 g/mol. The van der Waals surface area contributed by atoms with Gasteiger partial charge in [-0.2, -0.15) is 0 Å². The molecule has 1 aromatic carbocycles. The summed E-state index contributed by atoms with van der Waals surface area (Å²) >= 11 is 0. The minimum Gasteiger partial charge on any atom is -0.294 e. The molecule has 62 valence electrons. The fourth-order valence-electron chi connectivity index (χ4n) is 1.02. The molecule has 0 aliphatic heterocycles. The van der Waals surface area contributed by atoms with Crippen LogP contribution in [0.3, 0.4) is 0 Å². The van der Waals surface area contributed by atoms with E-state index in [2.05, 4.69) is 0 Å². The Kier molecular flexibility index (Phi) is 2.36. The first kappa shape index (κ1) is 9.05. The van der Waals surface area contributed by atoms with Crippen LogP contribution in [-0.4, -0.2) is 13.6 Å². The Morgan fingerprint density at radius 2 is 1.75 bits per heavy atom. The topological polar surface area (TPSA) is 17.1 Å². The van der Waals surface area contributed by atoms with Gasteiger partial charge < -0.3 is 0 Å². The van der Waals surface area contributed by atoms with Gasteiger partial charge in [0.1, 0.15) is 7.85 Å². The van der Waals surface area contributed by atoms with Gasteiger partial charge in [-0.15, -0.1) is 0 Å². The predicted molar refractivity (Wildman–Crippen MR) is 53.4 cm³/mol. The number of rotatable bonds is 2. The van der Waals surface area contributed by atoms with Crippen molar-refractivity contribution in [2.75, 3.05) is 0 Å². The van der Waals surface area contributed by atoms with Crippen molar-refractivity contribution in [2.24, 2.45) is 0 Å². The SMILES string of the molecule is BC(C)(C)C(=O)c1ccccc1. The third-order valence-corrected chi connectivity index (χ3v) is 1.72. The quantitative estimate of drug-likeness (QED) is 0.475. The molecule has 0 aliphatic rings. The van der Waals surface area contributed by atoms with Crippen molar-refractivity contribution >= 4 is 13.6 Å². The summed E-state index contributed by atoms with van der Waals surface area (Å²) < 4.78 is 0. The molecule has 0 amide bonds. The molecule has 0 bridgehead atoms. The summed E-state index contributed by atoms with van der Waals surface area (Å²) in [5, 5.41) is -0.276. The van der Waals surface area contributed by atoms with Crippen LogP contribution in [0, 0.1) is 0 Å². The summed E-state index contributed by atoms with van der Waals surface area (Å²) in [6, 6.07) is 9.40. The van der Waals surface area contributed by atoms with Gasteiger partial charge >= 0.3 is 0 Å². The first-order chi connectivity index (χ1) is 5.52. The second-order valence-electron chi connectivity index (χ2n) is 3.95. The molecular formula is C10H13BO. The molecule has 0 aliphatic carbocycles. The van der Waals surface area contributed by atoms with Crippen molar-refractivity contribution in [3.05, 3.63) is 35.9 Å². The number of ketones is 1. The molecule has 1 nitrogen and oxygen atoms in total. The number of carbonyl (C=O) groups excluding carboxylic acids is 1. The molecule has 0 aromatic heterocycles. The van der Waals surface area contributed by atoms with Crippen molar-refractivity contribution in [3.8, 4) is 0 Å². The molecule has 0 unspecified atom stereocenters. The maximum atomic E-state index is 11.7. The van der Waals surface area contributed by atoms with E-state index in [-0.39, 0.29) is 11.1 Å². The van der Waals surface area contributed by atoms with Gasteiger partial charge in [-0.25, -0.2) is 0 Å². The monoisotopic (exact) mass is 160 g/mol. The Bertz CT molecular complexity index is 272. The van der Waals surface area contributed by atoms with Gasteiger partial charge in [-0.1, -0.05) is 44.2 Å². The van der Waals surface area contributed by atoms with Gasteiger partial charge in [0.15, 0.2) is 5.78 Å². The van der Waals surface area contributed by atoms with Crippen molar-refractivity contribution in [1.82, 2.24) is 0 Å². The largest absolute Gasteiger partial charge is 0.294 e. The van der Waals surface area contributed by atoms with E-state index in [0.29, 0.717) is 0 Å². The summed E-state index contributed by atoms with van der Waals surface area (Å²) in [6.07, 6.45) is 0. The van der Waals surface area contributed by atoms with E-state index in [1.165, 1.54) is 0 Å². The second-order valence-corrected chi connectivity index (χ2v) is 3.95. The zero-order valence-corrected chi connectivity index (χ0v) is 7.79. The highest BCUT2D eigenvalue weighted by atomic mass is 16.1. The highest BCUT2D eigenvalue weighted by Crippen LogP contribution is 2.24. The molecule has 12 heavy (non-hydrogen) atoms. The van der Waals surface area contributed by atoms with E-state index < -0.39 is 0 Å². The molecule has 1 rings (SSSR count). The van der Waals surface area contributed by atoms with Crippen molar-refractivity contribution < 1.29 is 4.79 Å². The average molecular weight is 160 g/mol. The lowest BCUT2D eigenvalue weighted by molar-refractivity contribution is 0.0949. The molecule has 0 spiro atoms. The van der Waals surface area contributed by atoms with Gasteiger partial charge in [0, 0.05) is 5.56 Å². The second kappa shape index (κ2) is 3.14. The Morgan fingerprint density at radius 1 is 1.25 bits per heavy atom. The summed E-state index contributed by atoms with van der Waals surface area (Å²) in [6.45, 7) is 3.87. The van der Waals surface area contributed by atoms with Crippen LogP contribution in [0.5, 0.6) is 0 Å². The summed E-state index contributed by atoms with van der Waals surface area (Å²) in [5.41, 5.74) is 0.796. The fourth-order valence-corrected chi connectivity index (χ4v) is 1.02. The van der Waals surface area contributed by atoms with Crippen molar-refractivity contribution in [2.45, 2.75) is 19.2 Å². The first-order valence-electron chi connectivity index (χ1n) is 4.11. The molecule has 0 radical (unpaired) electrons. The Morgan fingerprint density at radius 3 is 2.17 bits per heavy atom. The van der Waals surface area contributed by atoms with E-state index in [0.717, 1.165) is 5.56 Å². The van der Waals surface area contributed by atoms with Crippen LogP contribution < -0.4 is 0 Å². The zero-order chi connectivity index (χ0) is 9.19. The number of hydrogen-bond acceptors (Lipinski definition) is 1. The van der Waals surface area contributed by atoms with E-state index >= 15 is 0 Å². The number of benzene rings is 1. The molecule has 0 N–H and O–H groups in total. The highest BCUT2D eigenvalue weighted by molar-refractivity contribution is 6.31. The molecule has 0 atom stereocenters. The van der Waals surface area contributed by atoms with Crippen LogP contribution in [0.1, 0.15) is 24.2 Å². The van der Waals surface area contributed by atoms with Crippen LogP contribution in [0.4, 0.5) is 0 Å². The highest BCUT2D eigenvalue weighted by Gasteiger charge is 2.21. The van der Waals surface area contributed by atoms with E-state index in [4.69, 9.17) is 0 Å². The van der Waals surface area contributed by atoms with E-state index in [1.54, 1.807) is 0 Å². The van der Waals surface area contributed by atoms with Gasteiger partial charge in [-0.05, 0) is 5.31 Å². The van der Waals surface area contributed by atoms with E-state index in [1.807, 2.05) is 52.0 Å². The molecule has 0 fully saturated rings. The van der Waals surface area contributed by atoms with Crippen LogP contribution in [0.25, 0.3) is 0 Å². The number of hydrogen-bond donors (Lipinski definition) is 0. The molecule has 2 heteroatoms. The fraction of sp³-hybridized carbons (Fsp3) is 0.300. The third-order valence-electron chi connectivity index (χ3n) is 1.72. The van der Waals surface area contributed by atoms with Gasteiger partial charge in [0.2, 0.25) is 0 Å². The van der Waals surface area contributed by atoms with Crippen LogP contribution in [0.15, 0.2) is 30.3 Å². The standard InChI is InChI=1S/C10H13BO/c1-10(2,11)9(12)8-6-4-3-5-7-8/h3-7H,11H2,1-2H3. The maximum absolute atomic E-state index is 11.7.